The zero-order valence-corrected chi connectivity index (χ0v) is 13.8. The predicted octanol–water partition coefficient (Wildman–Crippen LogP) is 4.70. The molecule has 1 amide bonds. The average Bonchev–Trinajstić information content (AvgIpc) is 2.41. The number of amides is 1. The summed E-state index contributed by atoms with van der Waals surface area (Å²) in [5.74, 6) is -0.955. The molecule has 0 spiro atoms. The minimum absolute atomic E-state index is 0.0367. The Morgan fingerprint density at radius 2 is 1.95 bits per heavy atom. The van der Waals surface area contributed by atoms with Gasteiger partial charge in [-0.2, -0.15) is 0 Å². The molecule has 0 radical (unpaired) electrons. The third-order valence-electron chi connectivity index (χ3n) is 3.44. The molecule has 0 saturated carbocycles. The topological polar surface area (TPSA) is 29.1 Å². The van der Waals surface area contributed by atoms with Gasteiger partial charge in [0.05, 0.1) is 11.6 Å². The highest BCUT2D eigenvalue weighted by Crippen LogP contribution is 2.23. The molecule has 0 aliphatic rings. The van der Waals surface area contributed by atoms with Crippen molar-refractivity contribution in [3.63, 3.8) is 0 Å². The monoisotopic (exact) mass is 349 g/mol. The smallest absolute Gasteiger partial charge is 0.255 e. The summed E-state index contributed by atoms with van der Waals surface area (Å²) in [6.07, 6.45) is 0. The number of carbonyl (C=O) groups is 1. The summed E-state index contributed by atoms with van der Waals surface area (Å²) in [4.78, 5) is 12.3. The molecule has 4 heteroatoms. The van der Waals surface area contributed by atoms with Crippen molar-refractivity contribution >= 4 is 21.8 Å². The van der Waals surface area contributed by atoms with E-state index in [1.54, 1.807) is 12.1 Å². The van der Waals surface area contributed by atoms with Crippen molar-refractivity contribution in [1.29, 1.82) is 0 Å². The van der Waals surface area contributed by atoms with Crippen LogP contribution in [0.1, 0.15) is 40.0 Å². The summed E-state index contributed by atoms with van der Waals surface area (Å²) >= 11 is 3.22. The SMILES string of the molecule is Cc1ccc(C)c(C(C)NC(=O)c2c(F)cccc2Br)c1. The summed E-state index contributed by atoms with van der Waals surface area (Å²) in [7, 11) is 0. The van der Waals surface area contributed by atoms with Crippen molar-refractivity contribution in [2.45, 2.75) is 26.8 Å². The van der Waals surface area contributed by atoms with Crippen LogP contribution in [0.15, 0.2) is 40.9 Å². The van der Waals surface area contributed by atoms with Gasteiger partial charge in [-0.25, -0.2) is 4.39 Å². The highest BCUT2D eigenvalue weighted by atomic mass is 79.9. The first-order valence-corrected chi connectivity index (χ1v) is 7.51. The largest absolute Gasteiger partial charge is 0.345 e. The maximum Gasteiger partial charge on any atom is 0.255 e. The zero-order chi connectivity index (χ0) is 15.6. The van der Waals surface area contributed by atoms with E-state index in [0.717, 1.165) is 16.7 Å². The second kappa shape index (κ2) is 6.39. The molecular formula is C17H17BrFNO. The van der Waals surface area contributed by atoms with Crippen LogP contribution in [0.5, 0.6) is 0 Å². The first-order valence-electron chi connectivity index (χ1n) is 6.72. The number of hydrogen-bond acceptors (Lipinski definition) is 1. The molecule has 1 atom stereocenters. The number of benzene rings is 2. The van der Waals surface area contributed by atoms with Gasteiger partial charge in [-0.3, -0.25) is 4.79 Å². The molecule has 2 aromatic carbocycles. The van der Waals surface area contributed by atoms with Gasteiger partial charge >= 0.3 is 0 Å². The van der Waals surface area contributed by atoms with Crippen LogP contribution in [0.4, 0.5) is 4.39 Å². The minimum atomic E-state index is -0.532. The van der Waals surface area contributed by atoms with Gasteiger partial charge in [0.25, 0.3) is 5.91 Å². The molecule has 2 aromatic rings. The van der Waals surface area contributed by atoms with Crippen LogP contribution in [0, 0.1) is 19.7 Å². The highest BCUT2D eigenvalue weighted by molar-refractivity contribution is 9.10. The summed E-state index contributed by atoms with van der Waals surface area (Å²) in [6, 6.07) is 10.4. The van der Waals surface area contributed by atoms with E-state index in [0.29, 0.717) is 4.47 Å². The molecule has 0 bridgehead atoms. The number of aryl methyl sites for hydroxylation is 2. The Labute approximate surface area is 132 Å². The Bertz CT molecular complexity index is 664. The Hall–Kier alpha value is -1.68. The van der Waals surface area contributed by atoms with E-state index in [1.807, 2.05) is 39.0 Å². The average molecular weight is 350 g/mol. The quantitative estimate of drug-likeness (QED) is 0.855. The molecule has 2 nitrogen and oxygen atoms in total. The van der Waals surface area contributed by atoms with Gasteiger partial charge in [-0.05, 0) is 60.0 Å². The zero-order valence-electron chi connectivity index (χ0n) is 12.2. The molecule has 0 aromatic heterocycles. The standard InChI is InChI=1S/C17H17BrFNO/c1-10-7-8-11(2)13(9-10)12(3)20-17(21)16-14(18)5-4-6-15(16)19/h4-9,12H,1-3H3,(H,20,21). The minimum Gasteiger partial charge on any atom is -0.345 e. The van der Waals surface area contributed by atoms with Crippen molar-refractivity contribution in [2.75, 3.05) is 0 Å². The van der Waals surface area contributed by atoms with Gasteiger partial charge < -0.3 is 5.32 Å². The molecule has 0 aliphatic heterocycles. The highest BCUT2D eigenvalue weighted by Gasteiger charge is 2.18. The molecule has 21 heavy (non-hydrogen) atoms. The van der Waals surface area contributed by atoms with E-state index in [4.69, 9.17) is 0 Å². The van der Waals surface area contributed by atoms with Crippen molar-refractivity contribution < 1.29 is 9.18 Å². The molecule has 0 heterocycles. The van der Waals surface area contributed by atoms with E-state index >= 15 is 0 Å². The lowest BCUT2D eigenvalue weighted by Crippen LogP contribution is -2.28. The predicted molar refractivity (Wildman–Crippen MR) is 85.9 cm³/mol. The van der Waals surface area contributed by atoms with Crippen LogP contribution < -0.4 is 5.32 Å². The van der Waals surface area contributed by atoms with Crippen LogP contribution >= 0.6 is 15.9 Å². The lowest BCUT2D eigenvalue weighted by atomic mass is 9.99. The molecule has 0 aliphatic carbocycles. The van der Waals surface area contributed by atoms with Crippen LogP contribution in [-0.4, -0.2) is 5.91 Å². The lowest BCUT2D eigenvalue weighted by Gasteiger charge is -2.18. The van der Waals surface area contributed by atoms with Gasteiger partial charge in [-0.1, -0.05) is 29.8 Å². The number of hydrogen-bond donors (Lipinski definition) is 1. The molecule has 110 valence electrons. The molecule has 2 rings (SSSR count). The Kier molecular flexibility index (Phi) is 4.78. The van der Waals surface area contributed by atoms with Gasteiger partial charge in [0.1, 0.15) is 5.82 Å². The van der Waals surface area contributed by atoms with E-state index < -0.39 is 11.7 Å². The van der Waals surface area contributed by atoms with E-state index in [1.165, 1.54) is 6.07 Å². The number of carbonyl (C=O) groups excluding carboxylic acids is 1. The van der Waals surface area contributed by atoms with Gasteiger partial charge in [0.2, 0.25) is 0 Å². The Morgan fingerprint density at radius 1 is 1.24 bits per heavy atom. The summed E-state index contributed by atoms with van der Waals surface area (Å²) in [6.45, 7) is 5.90. The first kappa shape index (κ1) is 15.7. The molecule has 0 saturated heterocycles. The van der Waals surface area contributed by atoms with Gasteiger partial charge in [-0.15, -0.1) is 0 Å². The summed E-state index contributed by atoms with van der Waals surface area (Å²) < 4.78 is 14.3. The van der Waals surface area contributed by atoms with Crippen LogP contribution in [0.25, 0.3) is 0 Å². The van der Waals surface area contributed by atoms with Gasteiger partial charge in [0, 0.05) is 4.47 Å². The second-order valence-electron chi connectivity index (χ2n) is 5.15. The third kappa shape index (κ3) is 3.50. The maximum absolute atomic E-state index is 13.8. The van der Waals surface area contributed by atoms with Crippen molar-refractivity contribution in [1.82, 2.24) is 5.32 Å². The number of rotatable bonds is 3. The van der Waals surface area contributed by atoms with Crippen LogP contribution in [0.2, 0.25) is 0 Å². The van der Waals surface area contributed by atoms with Gasteiger partial charge in [0.15, 0.2) is 0 Å². The van der Waals surface area contributed by atoms with Crippen LogP contribution in [-0.2, 0) is 0 Å². The van der Waals surface area contributed by atoms with E-state index in [2.05, 4.69) is 21.2 Å². The fourth-order valence-corrected chi connectivity index (χ4v) is 2.81. The normalized spacial score (nSPS) is 12.0. The first-order chi connectivity index (χ1) is 9.90. The molecule has 1 N–H and O–H groups in total. The molecule has 0 fully saturated rings. The lowest BCUT2D eigenvalue weighted by molar-refractivity contribution is 0.0935. The van der Waals surface area contributed by atoms with Crippen molar-refractivity contribution in [3.05, 3.63) is 68.9 Å². The Balaban J connectivity index is 2.25. The second-order valence-corrected chi connectivity index (χ2v) is 6.01. The van der Waals surface area contributed by atoms with Crippen molar-refractivity contribution in [2.24, 2.45) is 0 Å². The molecular weight excluding hydrogens is 333 g/mol. The fourth-order valence-electron chi connectivity index (χ4n) is 2.29. The summed E-state index contributed by atoms with van der Waals surface area (Å²) in [5, 5.41) is 2.85. The number of nitrogens with one attached hydrogen (secondary N) is 1. The maximum atomic E-state index is 13.8. The fraction of sp³-hybridized carbons (Fsp3) is 0.235. The van der Waals surface area contributed by atoms with E-state index in [9.17, 15) is 9.18 Å². The van der Waals surface area contributed by atoms with Crippen LogP contribution in [0.3, 0.4) is 0 Å². The van der Waals surface area contributed by atoms with E-state index in [-0.39, 0.29) is 11.6 Å². The third-order valence-corrected chi connectivity index (χ3v) is 4.10. The Morgan fingerprint density at radius 3 is 2.62 bits per heavy atom. The van der Waals surface area contributed by atoms with Crippen molar-refractivity contribution in [3.8, 4) is 0 Å². The molecule has 1 unspecified atom stereocenters. The number of halogens is 2. The summed E-state index contributed by atoms with van der Waals surface area (Å²) in [5.41, 5.74) is 3.30.